The Kier molecular flexibility index (Phi) is 6.00. The lowest BCUT2D eigenvalue weighted by molar-refractivity contribution is 0.0746. The minimum absolute atomic E-state index is 0.0853. The summed E-state index contributed by atoms with van der Waals surface area (Å²) in [6, 6.07) is 18.5. The molecule has 2 heterocycles. The molecule has 0 aliphatic carbocycles. The van der Waals surface area contributed by atoms with Gasteiger partial charge in [-0.25, -0.2) is 0 Å². The molecule has 3 aromatic rings. The van der Waals surface area contributed by atoms with Crippen molar-refractivity contribution in [3.63, 3.8) is 0 Å². The van der Waals surface area contributed by atoms with E-state index in [1.54, 1.807) is 0 Å². The van der Waals surface area contributed by atoms with E-state index in [4.69, 9.17) is 0 Å². The molecule has 0 N–H and O–H groups in total. The first-order valence-corrected chi connectivity index (χ1v) is 11.3. The molecular weight excluding hydrogens is 396 g/mol. The van der Waals surface area contributed by atoms with Gasteiger partial charge in [-0.1, -0.05) is 56.7 Å². The molecule has 0 atom stereocenters. The number of anilines is 1. The van der Waals surface area contributed by atoms with Gasteiger partial charge in [0.15, 0.2) is 5.82 Å². The van der Waals surface area contributed by atoms with Gasteiger partial charge >= 0.3 is 0 Å². The number of carbonyl (C=O) groups excluding carboxylic acids is 1. The molecular formula is C27H32N4O. The summed E-state index contributed by atoms with van der Waals surface area (Å²) in [4.78, 5) is 17.1. The molecule has 1 aromatic heterocycles. The Morgan fingerprint density at radius 1 is 0.844 bits per heavy atom. The molecule has 2 aromatic carbocycles. The number of aryl methyl sites for hydroxylation is 2. The Bertz CT molecular complexity index is 1090. The maximum absolute atomic E-state index is 12.9. The van der Waals surface area contributed by atoms with Crippen LogP contribution >= 0.6 is 0 Å². The molecule has 0 radical (unpaired) electrons. The maximum atomic E-state index is 12.9. The summed E-state index contributed by atoms with van der Waals surface area (Å²) in [6.45, 7) is 13.6. The van der Waals surface area contributed by atoms with Gasteiger partial charge in [-0.05, 0) is 54.7 Å². The summed E-state index contributed by atoms with van der Waals surface area (Å²) in [5, 5.41) is 8.95. The molecule has 0 spiro atoms. The molecule has 1 amide bonds. The van der Waals surface area contributed by atoms with Gasteiger partial charge in [-0.2, -0.15) is 0 Å². The number of carbonyl (C=O) groups is 1. The Labute approximate surface area is 191 Å². The van der Waals surface area contributed by atoms with Gasteiger partial charge in [-0.15, -0.1) is 10.2 Å². The molecule has 32 heavy (non-hydrogen) atoms. The summed E-state index contributed by atoms with van der Waals surface area (Å²) in [5.74, 6) is 0.960. The van der Waals surface area contributed by atoms with Crippen LogP contribution < -0.4 is 4.90 Å². The first kappa shape index (κ1) is 22.0. The van der Waals surface area contributed by atoms with Crippen LogP contribution in [0.2, 0.25) is 0 Å². The normalized spacial score (nSPS) is 14.5. The minimum atomic E-state index is 0.0853. The van der Waals surface area contributed by atoms with Gasteiger partial charge in [0.25, 0.3) is 5.91 Å². The van der Waals surface area contributed by atoms with Crippen molar-refractivity contribution in [3.8, 4) is 11.3 Å². The van der Waals surface area contributed by atoms with Crippen LogP contribution in [0.4, 0.5) is 5.82 Å². The van der Waals surface area contributed by atoms with E-state index >= 15 is 0 Å². The van der Waals surface area contributed by atoms with Crippen LogP contribution in [0.25, 0.3) is 11.3 Å². The third kappa shape index (κ3) is 4.67. The number of amides is 1. The number of nitrogens with zero attached hydrogens (tertiary/aromatic N) is 4. The summed E-state index contributed by atoms with van der Waals surface area (Å²) in [5.41, 5.74) is 6.53. The highest BCUT2D eigenvalue weighted by Gasteiger charge is 2.24. The van der Waals surface area contributed by atoms with Crippen molar-refractivity contribution in [2.45, 2.75) is 40.0 Å². The predicted molar refractivity (Wildman–Crippen MR) is 130 cm³/mol. The second-order valence-electron chi connectivity index (χ2n) is 9.70. The zero-order valence-corrected chi connectivity index (χ0v) is 19.7. The highest BCUT2D eigenvalue weighted by atomic mass is 16.2. The van der Waals surface area contributed by atoms with E-state index < -0.39 is 0 Å². The summed E-state index contributed by atoms with van der Waals surface area (Å²) < 4.78 is 0. The van der Waals surface area contributed by atoms with Gasteiger partial charge in [-0.3, -0.25) is 4.79 Å². The highest BCUT2D eigenvalue weighted by Crippen LogP contribution is 2.25. The largest absolute Gasteiger partial charge is 0.352 e. The van der Waals surface area contributed by atoms with E-state index in [2.05, 4.69) is 80.0 Å². The topological polar surface area (TPSA) is 49.3 Å². The molecule has 0 saturated carbocycles. The SMILES string of the molecule is Cc1ccc(-c2ccc(N3CCN(C(=O)c4ccc(C(C)(C)C)cc4)CC3)nn2)c(C)c1. The number of rotatable bonds is 3. The zero-order chi connectivity index (χ0) is 22.9. The summed E-state index contributed by atoms with van der Waals surface area (Å²) in [6.07, 6.45) is 0. The fourth-order valence-corrected chi connectivity index (χ4v) is 4.17. The van der Waals surface area contributed by atoms with E-state index in [-0.39, 0.29) is 11.3 Å². The van der Waals surface area contributed by atoms with E-state index in [0.717, 1.165) is 35.7 Å². The quantitative estimate of drug-likeness (QED) is 0.588. The van der Waals surface area contributed by atoms with Crippen molar-refractivity contribution in [3.05, 3.63) is 76.9 Å². The van der Waals surface area contributed by atoms with E-state index in [1.165, 1.54) is 16.7 Å². The molecule has 0 unspecified atom stereocenters. The third-order valence-corrected chi connectivity index (χ3v) is 6.20. The summed E-state index contributed by atoms with van der Waals surface area (Å²) in [7, 11) is 0. The van der Waals surface area contributed by atoms with Crippen molar-refractivity contribution in [2.75, 3.05) is 31.1 Å². The van der Waals surface area contributed by atoms with Crippen molar-refractivity contribution in [2.24, 2.45) is 0 Å². The average molecular weight is 429 g/mol. The first-order valence-electron chi connectivity index (χ1n) is 11.3. The molecule has 166 valence electrons. The predicted octanol–water partition coefficient (Wildman–Crippen LogP) is 5.02. The molecule has 1 aliphatic heterocycles. The Morgan fingerprint density at radius 3 is 2.09 bits per heavy atom. The Hall–Kier alpha value is -3.21. The summed E-state index contributed by atoms with van der Waals surface area (Å²) >= 11 is 0. The molecule has 1 saturated heterocycles. The molecule has 1 fully saturated rings. The molecule has 5 heteroatoms. The lowest BCUT2D eigenvalue weighted by atomic mass is 9.86. The highest BCUT2D eigenvalue weighted by molar-refractivity contribution is 5.94. The second-order valence-corrected chi connectivity index (χ2v) is 9.70. The van der Waals surface area contributed by atoms with Gasteiger partial charge in [0.2, 0.25) is 0 Å². The van der Waals surface area contributed by atoms with Gasteiger partial charge in [0.1, 0.15) is 0 Å². The zero-order valence-electron chi connectivity index (χ0n) is 19.7. The van der Waals surface area contributed by atoms with Gasteiger partial charge in [0, 0.05) is 37.3 Å². The number of benzene rings is 2. The Morgan fingerprint density at radius 2 is 1.53 bits per heavy atom. The van der Waals surface area contributed by atoms with Crippen LogP contribution in [0, 0.1) is 13.8 Å². The van der Waals surface area contributed by atoms with Crippen molar-refractivity contribution >= 4 is 11.7 Å². The van der Waals surface area contributed by atoms with Crippen LogP contribution in [0.1, 0.15) is 47.8 Å². The second kappa shape index (κ2) is 8.73. The fraction of sp³-hybridized carbons (Fsp3) is 0.370. The monoisotopic (exact) mass is 428 g/mol. The van der Waals surface area contributed by atoms with Crippen molar-refractivity contribution in [1.29, 1.82) is 0 Å². The smallest absolute Gasteiger partial charge is 0.253 e. The van der Waals surface area contributed by atoms with Crippen molar-refractivity contribution < 1.29 is 4.79 Å². The number of aromatic nitrogens is 2. The van der Waals surface area contributed by atoms with Crippen LogP contribution in [0.5, 0.6) is 0 Å². The van der Waals surface area contributed by atoms with E-state index in [1.807, 2.05) is 29.2 Å². The number of hydrogen-bond acceptors (Lipinski definition) is 4. The molecule has 4 rings (SSSR count). The van der Waals surface area contributed by atoms with Crippen LogP contribution in [-0.2, 0) is 5.41 Å². The van der Waals surface area contributed by atoms with Gasteiger partial charge in [0.05, 0.1) is 5.69 Å². The molecule has 1 aliphatic rings. The minimum Gasteiger partial charge on any atom is -0.352 e. The molecule has 0 bridgehead atoms. The standard InChI is InChI=1S/C27H32N4O/c1-19-6-11-23(20(2)18-19)24-12-13-25(29-28-24)30-14-16-31(17-15-30)26(32)21-7-9-22(10-8-21)27(3,4)5/h6-13,18H,14-17H2,1-5H3. The lowest BCUT2D eigenvalue weighted by Crippen LogP contribution is -2.49. The van der Waals surface area contributed by atoms with Crippen LogP contribution in [0.15, 0.2) is 54.6 Å². The Balaban J connectivity index is 1.38. The number of piperazine rings is 1. The first-order chi connectivity index (χ1) is 15.2. The van der Waals surface area contributed by atoms with Crippen LogP contribution in [-0.4, -0.2) is 47.2 Å². The van der Waals surface area contributed by atoms with Gasteiger partial charge < -0.3 is 9.80 Å². The maximum Gasteiger partial charge on any atom is 0.253 e. The third-order valence-electron chi connectivity index (χ3n) is 6.20. The lowest BCUT2D eigenvalue weighted by Gasteiger charge is -2.35. The van der Waals surface area contributed by atoms with E-state index in [9.17, 15) is 4.79 Å². The molecule has 5 nitrogen and oxygen atoms in total. The van der Waals surface area contributed by atoms with Crippen LogP contribution in [0.3, 0.4) is 0 Å². The average Bonchev–Trinajstić information content (AvgIpc) is 2.78. The van der Waals surface area contributed by atoms with E-state index in [0.29, 0.717) is 13.1 Å². The number of hydrogen-bond donors (Lipinski definition) is 0. The van der Waals surface area contributed by atoms with Crippen molar-refractivity contribution in [1.82, 2.24) is 15.1 Å². The fourth-order valence-electron chi connectivity index (χ4n) is 4.17.